The van der Waals surface area contributed by atoms with Crippen LogP contribution in [0.15, 0.2) is 108 Å². The van der Waals surface area contributed by atoms with Gasteiger partial charge < -0.3 is 133 Å². The molecule has 122 heavy (non-hydrogen) atoms. The van der Waals surface area contributed by atoms with Crippen LogP contribution in [0.2, 0.25) is 10.0 Å². The number of aryl methyl sites for hydroxylation is 2. The number of rotatable bonds is 19. The smallest absolute Gasteiger partial charge is 0.349 e. The fourth-order valence-electron chi connectivity index (χ4n) is 15.1. The van der Waals surface area contributed by atoms with Crippen molar-refractivity contribution in [2.45, 2.75) is 184 Å². The Morgan fingerprint density at radius 3 is 1.94 bits per heavy atom. The highest BCUT2D eigenvalue weighted by molar-refractivity contribution is 6.32. The topological polar surface area (TPSA) is 580 Å². The molecule has 7 aromatic rings. The summed E-state index contributed by atoms with van der Waals surface area (Å²) in [5.74, 6) is -16.9. The predicted molar refractivity (Wildman–Crippen MR) is 430 cm³/mol. The van der Waals surface area contributed by atoms with E-state index in [1.54, 1.807) is 19.1 Å². The number of hydrogen-bond donors (Lipinski definition) is 20. The number of nitrogens with zero attached hydrogens (tertiary/aromatic N) is 2. The van der Waals surface area contributed by atoms with Crippen LogP contribution >= 0.6 is 23.2 Å². The predicted octanol–water partition coefficient (Wildman–Crippen LogP) is 2.17. The Kier molecular flexibility index (Phi) is 27.2. The molecule has 8 amide bonds. The van der Waals surface area contributed by atoms with Crippen LogP contribution in [0.4, 0.5) is 5.82 Å². The molecule has 650 valence electrons. The first-order valence-electron chi connectivity index (χ1n) is 38.6. The van der Waals surface area contributed by atoms with Gasteiger partial charge in [-0.15, -0.1) is 0 Å². The molecule has 2 unspecified atom stereocenters. The molecule has 38 nitrogen and oxygen atoms in total. The molecule has 8 heterocycles. The van der Waals surface area contributed by atoms with Crippen LogP contribution in [0, 0.1) is 26.7 Å². The summed E-state index contributed by atoms with van der Waals surface area (Å²) in [6.07, 6.45) is -18.1. The summed E-state index contributed by atoms with van der Waals surface area (Å²) in [4.78, 5) is 149. The second kappa shape index (κ2) is 37.0. The van der Waals surface area contributed by atoms with E-state index in [-0.39, 0.29) is 60.1 Å². The number of carbonyl (C=O) groups excluding carboxylic acids is 8. The van der Waals surface area contributed by atoms with Crippen molar-refractivity contribution in [1.82, 2.24) is 52.1 Å². The van der Waals surface area contributed by atoms with Gasteiger partial charge in [-0.3, -0.25) is 42.9 Å². The zero-order chi connectivity index (χ0) is 88.5. The first kappa shape index (κ1) is 89.6. The number of benzene rings is 6. The Bertz CT molecular complexity index is 5310. The quantitative estimate of drug-likeness (QED) is 0.0551. The van der Waals surface area contributed by atoms with E-state index in [9.17, 15) is 84.6 Å². The normalized spacial score (nSPS) is 26.3. The van der Waals surface area contributed by atoms with E-state index < -0.39 is 254 Å². The Labute approximate surface area is 705 Å². The summed E-state index contributed by atoms with van der Waals surface area (Å²) in [7, 11) is 1.47. The monoisotopic (exact) mass is 1730 g/mol. The van der Waals surface area contributed by atoms with Gasteiger partial charge in [-0.05, 0) is 166 Å². The maximum atomic E-state index is 16.2. The largest absolute Gasteiger partial charge is 0.508 e. The van der Waals surface area contributed by atoms with Gasteiger partial charge in [0.15, 0.2) is 29.9 Å². The molecule has 6 aromatic carbocycles. The van der Waals surface area contributed by atoms with Crippen LogP contribution in [-0.4, -0.2) is 213 Å². The second-order valence-electron chi connectivity index (χ2n) is 31.0. The minimum absolute atomic E-state index is 0.0150. The molecule has 7 aliphatic rings. The maximum Gasteiger partial charge on any atom is 0.349 e. The molecule has 0 spiro atoms. The number of fused-ring (bicyclic) bond motifs is 15. The highest BCUT2D eigenvalue weighted by Crippen LogP contribution is 2.50. The van der Waals surface area contributed by atoms with Crippen LogP contribution in [0.3, 0.4) is 0 Å². The van der Waals surface area contributed by atoms with Crippen molar-refractivity contribution >= 4 is 82.2 Å². The molecule has 11 bridgehead atoms. The number of phenols is 3. The molecule has 18 atom stereocenters. The number of carboxylic acids is 1. The number of aliphatic hydroxyl groups excluding tert-OH is 6. The number of aromatic hydroxyl groups is 3. The number of amides is 8. The number of aliphatic carboxylic acids is 1. The number of aliphatic hydroxyl groups is 6. The minimum Gasteiger partial charge on any atom is -0.508 e. The van der Waals surface area contributed by atoms with Crippen molar-refractivity contribution < 1.29 is 123 Å². The Hall–Kier alpha value is -11.6. The Balaban J connectivity index is 0.998. The number of nitrogens with one attached hydrogen (secondary N) is 9. The minimum atomic E-state index is -2.39. The van der Waals surface area contributed by atoms with E-state index in [1.165, 1.54) is 42.9 Å². The average molecular weight is 1730 g/mol. The Morgan fingerprint density at radius 1 is 0.713 bits per heavy atom. The molecule has 2 saturated heterocycles. The molecule has 0 radical (unpaired) electrons. The standard InChI is InChI=1S/C82H92Cl2N12O26/c1-32(2)19-47(86-8)73(108)94-63-65(102)38-10-13-51(45(83)23-38)118-53-25-40-26-54(69(53)122-80-70(68(105)67(104)55(31-97)120-80)121-58-30-82(7,71(106)36(6)117-58)87-16-18-96-17-15-57(90-81(96)116)89-72(107)41-20-33(3)35(5)34(4)21-41)119-52-14-11-39(24-46(52)84)66(103)64-78(113)93-62(79(114)115)44-27-42(98)28-50(100)59(44)43-22-37(9-12-49(43)99)60(75(110)95-64)92-76(111)61(40)91-74(109)48(29-56(85)101)88-77(63)112/h9-15,17,20-28,32,36,47-48,55,58,60-68,70-71,80,86-87,97-100,102-106H,16,18-19,29-31H2,1-8H3,(H2,85,101)(H,88,112)(H,91,109)(H,92,111)(H,93,113)(H,94,108)(H,95,110)(H,114,115)(H,89,90,107,116)/t36-,47+,48-,55+,58-,60+,61?,62+,63+,64-,65+,66+,67+,68-,70+,71+,80?,82-/m0/s1. The summed E-state index contributed by atoms with van der Waals surface area (Å²) in [5, 5.41) is 139. The Morgan fingerprint density at radius 2 is 1.34 bits per heavy atom. The lowest BCUT2D eigenvalue weighted by atomic mass is 9.85. The number of primary amides is 1. The van der Waals surface area contributed by atoms with Gasteiger partial charge >= 0.3 is 11.7 Å². The number of nitrogens with two attached hydrogens (primary N) is 1. The first-order valence-corrected chi connectivity index (χ1v) is 39.4. The lowest BCUT2D eigenvalue weighted by molar-refractivity contribution is -0.334. The number of hydrogen-bond acceptors (Lipinski definition) is 28. The molecule has 21 N–H and O–H groups in total. The van der Waals surface area contributed by atoms with Crippen LogP contribution in [0.1, 0.15) is 132 Å². The van der Waals surface area contributed by atoms with E-state index in [0.29, 0.717) is 5.56 Å². The van der Waals surface area contributed by atoms with Crippen molar-refractivity contribution in [1.29, 1.82) is 0 Å². The number of aromatic nitrogens is 2. The van der Waals surface area contributed by atoms with Gasteiger partial charge in [0, 0.05) is 59.6 Å². The molecule has 0 aliphatic carbocycles. The van der Waals surface area contributed by atoms with Gasteiger partial charge in [0.25, 0.3) is 5.91 Å². The van der Waals surface area contributed by atoms with Crippen molar-refractivity contribution in [3.63, 3.8) is 0 Å². The van der Waals surface area contributed by atoms with Crippen LogP contribution in [0.5, 0.6) is 46.0 Å². The molecular weight excluding hydrogens is 1640 g/mol. The zero-order valence-corrected chi connectivity index (χ0v) is 68.2. The van der Waals surface area contributed by atoms with Crippen molar-refractivity contribution in [2.24, 2.45) is 11.7 Å². The molecule has 1 aromatic heterocycles. The zero-order valence-electron chi connectivity index (χ0n) is 66.7. The fraction of sp³-hybridized carbons (Fsp3) is 0.402. The number of carbonyl (C=O) groups is 9. The third-order valence-corrected chi connectivity index (χ3v) is 22.5. The molecule has 0 saturated carbocycles. The van der Waals surface area contributed by atoms with Gasteiger partial charge in [-0.2, -0.15) is 4.98 Å². The maximum absolute atomic E-state index is 16.2. The van der Waals surface area contributed by atoms with E-state index in [2.05, 4.69) is 52.8 Å². The summed E-state index contributed by atoms with van der Waals surface area (Å²) >= 11 is 14.3. The van der Waals surface area contributed by atoms with Crippen molar-refractivity contribution in [3.05, 3.63) is 174 Å². The molecule has 2 fully saturated rings. The number of phenolic OH excluding ortho intramolecular Hbond substituents is 3. The molecule has 7 aliphatic heterocycles. The SMILES string of the molecule is CN[C@H](CC(C)C)C(=O)N[C@H]1C(=O)N[C@@H](CC(N)=O)C(=O)NC2C(=O)N[C@H]3C(=O)N[C@H](C(=O)N[C@@H](C(=O)O)c4cc(O)cc(O)c4-c4cc3ccc4O)[C@H](O)c3ccc(c(Cl)c3)Oc3cc2cc(c3OC2O[C@H](CO)[C@@H](O)[C@H](O)[C@H]2O[C@H]2C[C@](C)(NCCn3ccc(NC(=O)c4cc(C)c(C)c(C)c4)nc3=O)[C@H](O)[C@H](C)O2)Oc2ccc(cc2Cl)[C@H]1O. The number of halogens is 2. The van der Waals surface area contributed by atoms with Gasteiger partial charge in [0.2, 0.25) is 53.4 Å². The summed E-state index contributed by atoms with van der Waals surface area (Å²) in [5.41, 5.74) is 3.83. The van der Waals surface area contributed by atoms with Gasteiger partial charge in [0.05, 0.1) is 41.3 Å². The number of carboxylic acid groups (broad SMARTS) is 1. The van der Waals surface area contributed by atoms with Crippen molar-refractivity contribution in [2.75, 3.05) is 25.5 Å². The van der Waals surface area contributed by atoms with E-state index in [4.69, 9.17) is 57.4 Å². The number of anilines is 1. The summed E-state index contributed by atoms with van der Waals surface area (Å²) in [6.45, 7) is 11.3. The van der Waals surface area contributed by atoms with Gasteiger partial charge in [-0.25, -0.2) is 9.59 Å². The third kappa shape index (κ3) is 19.3. The highest BCUT2D eigenvalue weighted by Gasteiger charge is 2.52. The molecule has 40 heteroatoms. The van der Waals surface area contributed by atoms with Crippen LogP contribution in [0.25, 0.3) is 11.1 Å². The van der Waals surface area contributed by atoms with Crippen LogP contribution in [-0.2, 0) is 59.1 Å². The van der Waals surface area contributed by atoms with E-state index in [1.807, 2.05) is 34.6 Å². The molecule has 14 rings (SSSR count). The second-order valence-corrected chi connectivity index (χ2v) is 31.8. The highest BCUT2D eigenvalue weighted by atomic mass is 35.5. The van der Waals surface area contributed by atoms with Crippen LogP contribution < -0.4 is 73.5 Å². The number of likely N-dealkylation sites (N-methyl/N-ethyl adjacent to an activating group) is 1. The summed E-state index contributed by atoms with van der Waals surface area (Å²) < 4.78 is 40.6. The van der Waals surface area contributed by atoms with Gasteiger partial charge in [0.1, 0.15) is 95.3 Å². The summed E-state index contributed by atoms with van der Waals surface area (Å²) in [6, 6.07) is 3.83. The van der Waals surface area contributed by atoms with Crippen molar-refractivity contribution in [3.8, 4) is 57.1 Å². The van der Waals surface area contributed by atoms with Gasteiger partial charge in [-0.1, -0.05) is 55.2 Å². The number of ether oxygens (including phenoxy) is 6. The fourth-order valence-corrected chi connectivity index (χ4v) is 15.6. The van der Waals surface area contributed by atoms with E-state index >= 15 is 14.4 Å². The average Bonchev–Trinajstić information content (AvgIpc) is 0.763. The third-order valence-electron chi connectivity index (χ3n) is 21.9. The first-order chi connectivity index (χ1) is 57.7. The lowest BCUT2D eigenvalue weighted by Crippen LogP contribution is -2.65. The van der Waals surface area contributed by atoms with E-state index in [0.717, 1.165) is 83.4 Å². The molecular formula is C82H92Cl2N12O26. The lowest BCUT2D eigenvalue weighted by Gasteiger charge is -2.48.